The van der Waals surface area contributed by atoms with Crippen LogP contribution < -0.4 is 0 Å². The molecule has 18 heavy (non-hydrogen) atoms. The number of nitrogens with one attached hydrogen (secondary N) is 1. The standard InChI is InChI=1S/C14H8N2O2/c17-12-9-4-2-1-3-8(9)10-11(13(12)18)16-14(15-10)7-5-6-7/h1-5H,6H2,(H,15,16). The molecule has 0 fully saturated rings. The molecule has 4 nitrogen and oxygen atoms in total. The molecule has 1 heterocycles. The molecule has 0 unspecified atom stereocenters. The van der Waals surface area contributed by atoms with Gasteiger partial charge in [0.2, 0.25) is 5.78 Å². The van der Waals surface area contributed by atoms with E-state index in [2.05, 4.69) is 9.97 Å². The molecule has 0 radical (unpaired) electrons. The summed E-state index contributed by atoms with van der Waals surface area (Å²) in [4.78, 5) is 31.4. The van der Waals surface area contributed by atoms with Crippen molar-refractivity contribution in [3.8, 4) is 11.3 Å². The van der Waals surface area contributed by atoms with Crippen LogP contribution >= 0.6 is 0 Å². The zero-order valence-electron chi connectivity index (χ0n) is 9.36. The highest BCUT2D eigenvalue weighted by Crippen LogP contribution is 2.36. The van der Waals surface area contributed by atoms with E-state index in [0.717, 1.165) is 17.6 Å². The molecule has 2 aliphatic rings. The van der Waals surface area contributed by atoms with Crippen LogP contribution in [0.25, 0.3) is 16.8 Å². The van der Waals surface area contributed by atoms with E-state index in [1.54, 1.807) is 12.1 Å². The van der Waals surface area contributed by atoms with Crippen molar-refractivity contribution in [2.24, 2.45) is 0 Å². The van der Waals surface area contributed by atoms with Crippen molar-refractivity contribution in [1.82, 2.24) is 9.97 Å². The van der Waals surface area contributed by atoms with Gasteiger partial charge in [-0.2, -0.15) is 0 Å². The molecule has 0 aliphatic heterocycles. The molecule has 2 aromatic rings. The van der Waals surface area contributed by atoms with Gasteiger partial charge < -0.3 is 4.98 Å². The van der Waals surface area contributed by atoms with Gasteiger partial charge in [0.25, 0.3) is 5.78 Å². The largest absolute Gasteiger partial charge is 0.335 e. The molecule has 0 amide bonds. The molecule has 4 heteroatoms. The second-order valence-electron chi connectivity index (χ2n) is 4.45. The first-order chi connectivity index (χ1) is 8.75. The van der Waals surface area contributed by atoms with Gasteiger partial charge in [0.1, 0.15) is 17.2 Å². The number of nitrogens with zero attached hydrogens (tertiary/aromatic N) is 1. The molecule has 0 atom stereocenters. The van der Waals surface area contributed by atoms with E-state index in [1.807, 2.05) is 18.2 Å². The van der Waals surface area contributed by atoms with E-state index in [0.29, 0.717) is 22.8 Å². The topological polar surface area (TPSA) is 62.8 Å². The molecule has 1 aromatic heterocycles. The number of imidazole rings is 1. The quantitative estimate of drug-likeness (QED) is 0.772. The predicted octanol–water partition coefficient (Wildman–Crippen LogP) is 2.24. The molecule has 0 saturated carbocycles. The number of aromatic nitrogens is 2. The summed E-state index contributed by atoms with van der Waals surface area (Å²) in [6, 6.07) is 7.09. The fraction of sp³-hybridized carbons (Fsp3) is 0.0714. The predicted molar refractivity (Wildman–Crippen MR) is 65.3 cm³/mol. The number of hydrogen-bond donors (Lipinski definition) is 1. The Hall–Kier alpha value is -2.49. The Morgan fingerprint density at radius 3 is 2.50 bits per heavy atom. The molecular weight excluding hydrogens is 228 g/mol. The van der Waals surface area contributed by atoms with Crippen LogP contribution in [0.4, 0.5) is 0 Å². The number of carbonyl (C=O) groups is 2. The first kappa shape index (κ1) is 9.53. The van der Waals surface area contributed by atoms with Crippen molar-refractivity contribution < 1.29 is 9.59 Å². The van der Waals surface area contributed by atoms with Crippen molar-refractivity contribution in [3.63, 3.8) is 0 Å². The molecule has 4 rings (SSSR count). The van der Waals surface area contributed by atoms with Gasteiger partial charge in [0, 0.05) is 11.1 Å². The Morgan fingerprint density at radius 2 is 1.78 bits per heavy atom. The minimum absolute atomic E-state index is 0.321. The number of rotatable bonds is 1. The summed E-state index contributed by atoms with van der Waals surface area (Å²) in [5, 5.41) is 0. The van der Waals surface area contributed by atoms with Gasteiger partial charge in [-0.25, -0.2) is 4.98 Å². The SMILES string of the molecule is O=C1C(=O)c2[nH]c(C3=CC3)nc2-c2ccccc21. The number of H-pyrrole nitrogens is 1. The minimum atomic E-state index is -0.497. The number of Topliss-reactive ketones (excluding diaryl/α,β-unsaturated/α-hetero) is 2. The maximum atomic E-state index is 12.0. The summed E-state index contributed by atoms with van der Waals surface area (Å²) in [6.45, 7) is 0. The minimum Gasteiger partial charge on any atom is -0.335 e. The molecule has 0 saturated heterocycles. The summed E-state index contributed by atoms with van der Waals surface area (Å²) in [6.07, 6.45) is 2.93. The average molecular weight is 236 g/mol. The van der Waals surface area contributed by atoms with Gasteiger partial charge in [-0.1, -0.05) is 30.3 Å². The number of aromatic amines is 1. The summed E-state index contributed by atoms with van der Waals surface area (Å²) in [5.41, 5.74) is 3.19. The van der Waals surface area contributed by atoms with Crippen LogP contribution in [0.3, 0.4) is 0 Å². The Balaban J connectivity index is 2.03. The zero-order valence-corrected chi connectivity index (χ0v) is 9.36. The number of fused-ring (bicyclic) bond motifs is 3. The third-order valence-electron chi connectivity index (χ3n) is 3.28. The molecule has 0 spiro atoms. The lowest BCUT2D eigenvalue weighted by Gasteiger charge is -2.11. The highest BCUT2D eigenvalue weighted by Gasteiger charge is 2.34. The Kier molecular flexibility index (Phi) is 1.61. The van der Waals surface area contributed by atoms with Crippen molar-refractivity contribution >= 4 is 17.1 Å². The van der Waals surface area contributed by atoms with Gasteiger partial charge in [-0.05, 0) is 12.0 Å². The van der Waals surface area contributed by atoms with E-state index in [4.69, 9.17) is 0 Å². The van der Waals surface area contributed by atoms with Gasteiger partial charge >= 0.3 is 0 Å². The normalized spacial score (nSPS) is 16.1. The van der Waals surface area contributed by atoms with Gasteiger partial charge in [0.05, 0.1) is 0 Å². The molecule has 1 N–H and O–H groups in total. The Morgan fingerprint density at radius 1 is 1.06 bits per heavy atom. The van der Waals surface area contributed by atoms with Gasteiger partial charge in [-0.3, -0.25) is 9.59 Å². The highest BCUT2D eigenvalue weighted by molar-refractivity contribution is 6.52. The van der Waals surface area contributed by atoms with Crippen LogP contribution in [0.1, 0.15) is 33.1 Å². The third-order valence-corrected chi connectivity index (χ3v) is 3.28. The fourth-order valence-corrected chi connectivity index (χ4v) is 2.25. The van der Waals surface area contributed by atoms with E-state index >= 15 is 0 Å². The average Bonchev–Trinajstić information content (AvgIpc) is 3.15. The fourth-order valence-electron chi connectivity index (χ4n) is 2.25. The van der Waals surface area contributed by atoms with Crippen LogP contribution in [-0.4, -0.2) is 21.5 Å². The van der Waals surface area contributed by atoms with E-state index in [-0.39, 0.29) is 0 Å². The van der Waals surface area contributed by atoms with Crippen LogP contribution in [0.15, 0.2) is 30.3 Å². The Labute approximate surface area is 102 Å². The van der Waals surface area contributed by atoms with Crippen molar-refractivity contribution in [2.45, 2.75) is 6.42 Å². The lowest BCUT2D eigenvalue weighted by atomic mass is 9.90. The first-order valence-electron chi connectivity index (χ1n) is 5.73. The van der Waals surface area contributed by atoms with Gasteiger partial charge in [0.15, 0.2) is 0 Å². The molecule has 0 bridgehead atoms. The summed E-state index contributed by atoms with van der Waals surface area (Å²) in [7, 11) is 0. The summed E-state index contributed by atoms with van der Waals surface area (Å²) in [5.74, 6) is -0.250. The summed E-state index contributed by atoms with van der Waals surface area (Å²) >= 11 is 0. The molecule has 2 aliphatic carbocycles. The van der Waals surface area contributed by atoms with Crippen molar-refractivity contribution in [2.75, 3.05) is 0 Å². The van der Waals surface area contributed by atoms with Gasteiger partial charge in [-0.15, -0.1) is 0 Å². The monoisotopic (exact) mass is 236 g/mol. The second kappa shape index (κ2) is 3.04. The molecular formula is C14H8N2O2. The second-order valence-corrected chi connectivity index (χ2v) is 4.45. The van der Waals surface area contributed by atoms with Crippen LogP contribution in [-0.2, 0) is 0 Å². The number of benzene rings is 1. The smallest absolute Gasteiger partial charge is 0.251 e. The number of carbonyl (C=O) groups excluding carboxylic acids is 2. The lowest BCUT2D eigenvalue weighted by Crippen LogP contribution is -2.21. The number of allylic oxidation sites excluding steroid dienone is 2. The van der Waals surface area contributed by atoms with E-state index in [9.17, 15) is 9.59 Å². The summed E-state index contributed by atoms with van der Waals surface area (Å²) < 4.78 is 0. The van der Waals surface area contributed by atoms with E-state index < -0.39 is 11.6 Å². The maximum absolute atomic E-state index is 12.0. The van der Waals surface area contributed by atoms with E-state index in [1.165, 1.54) is 0 Å². The molecule has 86 valence electrons. The maximum Gasteiger partial charge on any atom is 0.251 e. The van der Waals surface area contributed by atoms with Crippen molar-refractivity contribution in [3.05, 3.63) is 47.4 Å². The third kappa shape index (κ3) is 1.12. The number of ketones is 2. The first-order valence-corrected chi connectivity index (χ1v) is 5.73. The number of hydrogen-bond acceptors (Lipinski definition) is 3. The molecule has 1 aromatic carbocycles. The van der Waals surface area contributed by atoms with Crippen LogP contribution in [0, 0.1) is 0 Å². The van der Waals surface area contributed by atoms with Crippen LogP contribution in [0.2, 0.25) is 0 Å². The van der Waals surface area contributed by atoms with Crippen molar-refractivity contribution in [1.29, 1.82) is 0 Å². The lowest BCUT2D eigenvalue weighted by molar-refractivity contribution is 0.0812. The zero-order chi connectivity index (χ0) is 12.3. The van der Waals surface area contributed by atoms with Crippen LogP contribution in [0.5, 0.6) is 0 Å². The highest BCUT2D eigenvalue weighted by atomic mass is 16.2. The Bertz CT molecular complexity index is 753.